The van der Waals surface area contributed by atoms with Gasteiger partial charge in [-0.05, 0) is 62.5 Å². The molecule has 0 saturated heterocycles. The molecule has 1 N–H and O–H groups in total. The van der Waals surface area contributed by atoms with Gasteiger partial charge in [0.1, 0.15) is 0 Å². The van der Waals surface area contributed by atoms with Gasteiger partial charge in [-0.2, -0.15) is 0 Å². The average molecular weight is 263 g/mol. The zero-order valence-electron chi connectivity index (χ0n) is 11.0. The molecule has 1 aromatic rings. The molecule has 0 aliphatic heterocycles. The van der Waals surface area contributed by atoms with Crippen LogP contribution < -0.4 is 5.32 Å². The first-order valence-corrected chi connectivity index (χ1v) is 7.96. The third-order valence-electron chi connectivity index (χ3n) is 4.25. The molecule has 2 aliphatic rings. The first-order valence-electron chi connectivity index (χ1n) is 7.15. The van der Waals surface area contributed by atoms with Gasteiger partial charge in [0.05, 0.1) is 4.88 Å². The molecule has 1 saturated carbocycles. The van der Waals surface area contributed by atoms with Gasteiger partial charge in [-0.25, -0.2) is 0 Å². The lowest BCUT2D eigenvalue weighted by Gasteiger charge is -2.11. The second-order valence-electron chi connectivity index (χ2n) is 5.85. The predicted octanol–water partition coefficient (Wildman–Crippen LogP) is 3.55. The maximum Gasteiger partial charge on any atom is 0.261 e. The van der Waals surface area contributed by atoms with E-state index in [1.165, 1.54) is 42.5 Å². The molecule has 2 unspecified atom stereocenters. The number of carbonyl (C=O) groups is 1. The summed E-state index contributed by atoms with van der Waals surface area (Å²) in [6.07, 6.45) is 8.47. The van der Waals surface area contributed by atoms with Crippen molar-refractivity contribution in [1.82, 2.24) is 5.32 Å². The van der Waals surface area contributed by atoms with Crippen LogP contribution in [0.25, 0.3) is 0 Å². The molecular weight excluding hydrogens is 242 g/mol. The van der Waals surface area contributed by atoms with Crippen molar-refractivity contribution in [1.29, 1.82) is 0 Å². The molecule has 0 aromatic carbocycles. The summed E-state index contributed by atoms with van der Waals surface area (Å²) in [5.41, 5.74) is 1.43. The lowest BCUT2D eigenvalue weighted by molar-refractivity contribution is 0.0941. The minimum atomic E-state index is 0.161. The van der Waals surface area contributed by atoms with Crippen molar-refractivity contribution >= 4 is 17.2 Å². The van der Waals surface area contributed by atoms with Crippen LogP contribution in [-0.4, -0.2) is 11.9 Å². The molecule has 3 heteroatoms. The Morgan fingerprint density at radius 3 is 2.89 bits per heavy atom. The Bertz CT molecular complexity index is 428. The van der Waals surface area contributed by atoms with E-state index in [4.69, 9.17) is 0 Å². The van der Waals surface area contributed by atoms with E-state index in [0.717, 1.165) is 23.6 Å². The Balaban J connectivity index is 1.67. The molecule has 2 nitrogen and oxygen atoms in total. The lowest BCUT2D eigenvalue weighted by atomic mass is 9.99. The summed E-state index contributed by atoms with van der Waals surface area (Å²) < 4.78 is 0. The van der Waals surface area contributed by atoms with Crippen LogP contribution in [0.3, 0.4) is 0 Å². The Hall–Kier alpha value is -0.830. The van der Waals surface area contributed by atoms with E-state index >= 15 is 0 Å². The second kappa shape index (κ2) is 5.04. The smallest absolute Gasteiger partial charge is 0.261 e. The Kier molecular flexibility index (Phi) is 3.42. The summed E-state index contributed by atoms with van der Waals surface area (Å²) in [7, 11) is 0. The average Bonchev–Trinajstić information content (AvgIpc) is 2.95. The highest BCUT2D eigenvalue weighted by Crippen LogP contribution is 2.30. The molecular formula is C15H21NOS. The third-order valence-corrected chi connectivity index (χ3v) is 5.49. The number of carbonyl (C=O) groups excluding carboxylic acids is 1. The molecule has 1 heterocycles. The summed E-state index contributed by atoms with van der Waals surface area (Å²) in [5, 5.41) is 3.21. The van der Waals surface area contributed by atoms with Crippen LogP contribution in [-0.2, 0) is 12.8 Å². The standard InChI is InChI=1S/C15H21NOS/c1-10-6-7-12(8-10)16-15(17)14-9-11-4-2-3-5-13(11)18-14/h9-10,12H,2-8H2,1H3,(H,16,17). The fourth-order valence-corrected chi connectivity index (χ4v) is 4.35. The molecule has 2 atom stereocenters. The molecule has 2 aliphatic carbocycles. The number of fused-ring (bicyclic) bond motifs is 1. The zero-order valence-corrected chi connectivity index (χ0v) is 11.8. The molecule has 1 amide bonds. The Morgan fingerprint density at radius 1 is 1.33 bits per heavy atom. The van der Waals surface area contributed by atoms with Gasteiger partial charge in [0, 0.05) is 10.9 Å². The van der Waals surface area contributed by atoms with Crippen molar-refractivity contribution in [2.45, 2.75) is 57.9 Å². The van der Waals surface area contributed by atoms with Crippen molar-refractivity contribution in [3.05, 3.63) is 21.4 Å². The molecule has 0 spiro atoms. The number of thiophene rings is 1. The largest absolute Gasteiger partial charge is 0.349 e. The van der Waals surface area contributed by atoms with Crippen LogP contribution in [0.4, 0.5) is 0 Å². The van der Waals surface area contributed by atoms with Crippen LogP contribution in [0.15, 0.2) is 6.07 Å². The van der Waals surface area contributed by atoms with Crippen LogP contribution in [0, 0.1) is 5.92 Å². The van der Waals surface area contributed by atoms with Gasteiger partial charge in [0.25, 0.3) is 5.91 Å². The van der Waals surface area contributed by atoms with Crippen LogP contribution >= 0.6 is 11.3 Å². The lowest BCUT2D eigenvalue weighted by Crippen LogP contribution is -2.32. The molecule has 18 heavy (non-hydrogen) atoms. The normalized spacial score (nSPS) is 26.9. The fraction of sp³-hybridized carbons (Fsp3) is 0.667. The molecule has 0 radical (unpaired) electrons. The maximum absolute atomic E-state index is 12.2. The monoisotopic (exact) mass is 263 g/mol. The van der Waals surface area contributed by atoms with Crippen molar-refractivity contribution < 1.29 is 4.79 Å². The van der Waals surface area contributed by atoms with Crippen LogP contribution in [0.1, 0.15) is 59.1 Å². The van der Waals surface area contributed by atoms with E-state index < -0.39 is 0 Å². The number of nitrogens with one attached hydrogen (secondary N) is 1. The maximum atomic E-state index is 12.2. The second-order valence-corrected chi connectivity index (χ2v) is 6.99. The SMILES string of the molecule is CC1CCC(NC(=O)c2cc3c(s2)CCCC3)C1. The number of hydrogen-bond donors (Lipinski definition) is 1. The third kappa shape index (κ3) is 2.46. The summed E-state index contributed by atoms with van der Waals surface area (Å²) in [6, 6.07) is 2.54. The highest BCUT2D eigenvalue weighted by Gasteiger charge is 2.24. The van der Waals surface area contributed by atoms with E-state index in [9.17, 15) is 4.79 Å². The van der Waals surface area contributed by atoms with Crippen LogP contribution in [0.5, 0.6) is 0 Å². The predicted molar refractivity (Wildman–Crippen MR) is 75.2 cm³/mol. The summed E-state index contributed by atoms with van der Waals surface area (Å²) in [5.74, 6) is 0.931. The van der Waals surface area contributed by atoms with E-state index in [0.29, 0.717) is 6.04 Å². The van der Waals surface area contributed by atoms with Gasteiger partial charge >= 0.3 is 0 Å². The van der Waals surface area contributed by atoms with Gasteiger partial charge in [-0.15, -0.1) is 11.3 Å². The van der Waals surface area contributed by atoms with Crippen molar-refractivity contribution in [3.8, 4) is 0 Å². The Morgan fingerprint density at radius 2 is 2.17 bits per heavy atom. The van der Waals surface area contributed by atoms with Crippen molar-refractivity contribution in [2.24, 2.45) is 5.92 Å². The zero-order chi connectivity index (χ0) is 12.5. The van der Waals surface area contributed by atoms with Gasteiger partial charge in [0.15, 0.2) is 0 Å². The van der Waals surface area contributed by atoms with Crippen molar-refractivity contribution in [3.63, 3.8) is 0 Å². The fourth-order valence-electron chi connectivity index (χ4n) is 3.20. The quantitative estimate of drug-likeness (QED) is 0.868. The highest BCUT2D eigenvalue weighted by molar-refractivity contribution is 7.14. The summed E-state index contributed by atoms with van der Waals surface area (Å²) in [4.78, 5) is 14.6. The van der Waals surface area contributed by atoms with Gasteiger partial charge < -0.3 is 5.32 Å². The number of amides is 1. The molecule has 1 aromatic heterocycles. The van der Waals surface area contributed by atoms with E-state index in [1.54, 1.807) is 11.3 Å². The van der Waals surface area contributed by atoms with E-state index in [1.807, 2.05) is 0 Å². The first-order chi connectivity index (χ1) is 8.72. The Labute approximate surface area is 113 Å². The molecule has 1 fully saturated rings. The van der Waals surface area contributed by atoms with Crippen LogP contribution in [0.2, 0.25) is 0 Å². The van der Waals surface area contributed by atoms with Gasteiger partial charge in [0.2, 0.25) is 0 Å². The molecule has 0 bridgehead atoms. The van der Waals surface area contributed by atoms with Crippen molar-refractivity contribution in [2.75, 3.05) is 0 Å². The minimum absolute atomic E-state index is 0.161. The highest BCUT2D eigenvalue weighted by atomic mass is 32.1. The topological polar surface area (TPSA) is 29.1 Å². The summed E-state index contributed by atoms with van der Waals surface area (Å²) >= 11 is 1.72. The van der Waals surface area contributed by atoms with E-state index in [-0.39, 0.29) is 5.91 Å². The summed E-state index contributed by atoms with van der Waals surface area (Å²) in [6.45, 7) is 2.27. The first kappa shape index (κ1) is 12.2. The minimum Gasteiger partial charge on any atom is -0.349 e. The van der Waals surface area contributed by atoms with Gasteiger partial charge in [-0.1, -0.05) is 6.92 Å². The number of aryl methyl sites for hydroxylation is 2. The molecule has 3 rings (SSSR count). The van der Waals surface area contributed by atoms with E-state index in [2.05, 4.69) is 18.3 Å². The number of rotatable bonds is 2. The molecule has 98 valence electrons. The number of hydrogen-bond acceptors (Lipinski definition) is 2. The van der Waals surface area contributed by atoms with Gasteiger partial charge in [-0.3, -0.25) is 4.79 Å².